The predicted octanol–water partition coefficient (Wildman–Crippen LogP) is 7.43. The Morgan fingerprint density at radius 1 is 1.19 bits per heavy atom. The second-order valence-corrected chi connectivity index (χ2v) is 9.73. The number of benzene rings is 2. The Morgan fingerprint density at radius 3 is 2.41 bits per heavy atom. The molecule has 0 aromatic heterocycles. The number of thioether (sulfide) groups is 1. The van der Waals surface area contributed by atoms with Crippen molar-refractivity contribution in [3.8, 4) is 0 Å². The molecule has 6 heteroatoms. The molecule has 32 heavy (non-hydrogen) atoms. The molecular weight excluding hydrogens is 433 g/mol. The fourth-order valence-corrected chi connectivity index (χ4v) is 5.47. The minimum absolute atomic E-state index is 0.0774. The van der Waals surface area contributed by atoms with Crippen LogP contribution in [0.25, 0.3) is 11.6 Å². The predicted molar refractivity (Wildman–Crippen MR) is 126 cm³/mol. The van der Waals surface area contributed by atoms with Crippen molar-refractivity contribution in [2.45, 2.75) is 50.8 Å². The Morgan fingerprint density at radius 2 is 1.84 bits per heavy atom. The number of halogens is 3. The fraction of sp³-hybridized carbons (Fsp3) is 0.385. The van der Waals surface area contributed by atoms with Gasteiger partial charge >= 0.3 is 6.18 Å². The number of allylic oxidation sites excluding steroid dienone is 1. The van der Waals surface area contributed by atoms with Crippen molar-refractivity contribution in [3.05, 3.63) is 76.6 Å². The summed E-state index contributed by atoms with van der Waals surface area (Å²) in [6.07, 6.45) is -2.38. The summed E-state index contributed by atoms with van der Waals surface area (Å²) >= 11 is 1.49. The number of aliphatic hydroxyl groups is 2. The molecule has 2 nitrogen and oxygen atoms in total. The quantitative estimate of drug-likeness (QED) is 0.439. The van der Waals surface area contributed by atoms with E-state index in [-0.39, 0.29) is 17.6 Å². The van der Waals surface area contributed by atoms with E-state index in [4.69, 9.17) is 0 Å². The van der Waals surface area contributed by atoms with Crippen molar-refractivity contribution < 1.29 is 23.4 Å². The van der Waals surface area contributed by atoms with E-state index >= 15 is 0 Å². The largest absolute Gasteiger partial charge is 0.512 e. The summed E-state index contributed by atoms with van der Waals surface area (Å²) in [5.41, 5.74) is 3.76. The van der Waals surface area contributed by atoms with Crippen LogP contribution in [0.4, 0.5) is 13.2 Å². The maximum atomic E-state index is 12.7. The summed E-state index contributed by atoms with van der Waals surface area (Å²) in [7, 11) is 0. The van der Waals surface area contributed by atoms with Crippen LogP contribution in [0.2, 0.25) is 0 Å². The number of hydrogen-bond acceptors (Lipinski definition) is 3. The van der Waals surface area contributed by atoms with Gasteiger partial charge in [0.1, 0.15) is 0 Å². The maximum Gasteiger partial charge on any atom is 0.416 e. The van der Waals surface area contributed by atoms with Crippen LogP contribution in [0.15, 0.2) is 53.6 Å². The Kier molecular flexibility index (Phi) is 7.46. The second-order valence-electron chi connectivity index (χ2n) is 8.64. The molecule has 2 aromatic rings. The molecule has 3 rings (SSSR count). The number of alkyl halides is 3. The molecule has 1 aliphatic rings. The molecule has 0 fully saturated rings. The zero-order valence-corrected chi connectivity index (χ0v) is 19.4. The first-order valence-corrected chi connectivity index (χ1v) is 11.6. The molecule has 0 spiro atoms. The van der Waals surface area contributed by atoms with E-state index in [0.29, 0.717) is 24.2 Å². The first-order chi connectivity index (χ1) is 15.0. The van der Waals surface area contributed by atoms with Gasteiger partial charge in [0.05, 0.1) is 17.4 Å². The summed E-state index contributed by atoms with van der Waals surface area (Å²) in [6, 6.07) is 9.20. The SMILES string of the molecule is C=Cc1cc(C)cc(C)c1C1=C(O)CC(C(C)CSc2ccc(C(F)(F)F)cc2)CC1O. The average Bonchev–Trinajstić information content (AvgIpc) is 2.72. The number of aliphatic hydroxyl groups excluding tert-OH is 2. The van der Waals surface area contributed by atoms with Crippen LogP contribution in [0, 0.1) is 25.7 Å². The number of hydrogen-bond donors (Lipinski definition) is 2. The van der Waals surface area contributed by atoms with Gasteiger partial charge in [-0.05, 0) is 73.1 Å². The first kappa shape index (κ1) is 24.5. The summed E-state index contributed by atoms with van der Waals surface area (Å²) in [6.45, 7) is 9.91. The van der Waals surface area contributed by atoms with Crippen LogP contribution in [-0.4, -0.2) is 22.1 Å². The molecule has 0 radical (unpaired) electrons. The zero-order valence-electron chi connectivity index (χ0n) is 18.5. The van der Waals surface area contributed by atoms with Gasteiger partial charge in [-0.2, -0.15) is 13.2 Å². The highest BCUT2D eigenvalue weighted by Gasteiger charge is 2.33. The topological polar surface area (TPSA) is 40.5 Å². The van der Waals surface area contributed by atoms with E-state index in [0.717, 1.165) is 39.3 Å². The van der Waals surface area contributed by atoms with E-state index in [1.165, 1.54) is 23.9 Å². The number of rotatable bonds is 6. The molecule has 2 aromatic carbocycles. The van der Waals surface area contributed by atoms with E-state index in [2.05, 4.69) is 13.5 Å². The van der Waals surface area contributed by atoms with Gasteiger partial charge in [0.15, 0.2) is 0 Å². The number of aryl methyl sites for hydroxylation is 2. The Hall–Kier alpha value is -2.18. The highest BCUT2D eigenvalue weighted by molar-refractivity contribution is 7.99. The molecular formula is C26H29F3O2S. The standard InChI is InChI=1S/C26H29F3O2S/c1-5-18-11-15(2)10-16(3)24(18)25-22(30)12-19(13-23(25)31)17(4)14-32-21-8-6-20(7-9-21)26(27,28)29/h5-11,17,19,22,30-31H,1,12-14H2,2-4H3. The normalized spacial score (nSPS) is 20.3. The lowest BCUT2D eigenvalue weighted by molar-refractivity contribution is -0.137. The van der Waals surface area contributed by atoms with Gasteiger partial charge in [-0.3, -0.25) is 0 Å². The van der Waals surface area contributed by atoms with Gasteiger partial charge in [-0.1, -0.05) is 37.3 Å². The zero-order chi connectivity index (χ0) is 23.6. The third-order valence-corrected chi connectivity index (χ3v) is 7.42. The third kappa shape index (κ3) is 5.41. The molecule has 0 amide bonds. The Labute approximate surface area is 191 Å². The van der Waals surface area contributed by atoms with Gasteiger partial charge in [0, 0.05) is 22.6 Å². The monoisotopic (exact) mass is 462 g/mol. The molecule has 172 valence electrons. The highest BCUT2D eigenvalue weighted by Crippen LogP contribution is 2.41. The van der Waals surface area contributed by atoms with Gasteiger partial charge < -0.3 is 10.2 Å². The van der Waals surface area contributed by atoms with Crippen molar-refractivity contribution in [2.24, 2.45) is 11.8 Å². The van der Waals surface area contributed by atoms with Gasteiger partial charge in [-0.25, -0.2) is 0 Å². The van der Waals surface area contributed by atoms with Crippen LogP contribution in [0.5, 0.6) is 0 Å². The minimum atomic E-state index is -4.34. The smallest absolute Gasteiger partial charge is 0.416 e. The summed E-state index contributed by atoms with van der Waals surface area (Å²) in [5, 5.41) is 21.8. The Balaban J connectivity index is 1.72. The van der Waals surface area contributed by atoms with Crippen molar-refractivity contribution in [1.29, 1.82) is 0 Å². The molecule has 1 aliphatic carbocycles. The summed E-state index contributed by atoms with van der Waals surface area (Å²) in [5.74, 6) is 1.13. The van der Waals surface area contributed by atoms with Gasteiger partial charge in [0.25, 0.3) is 0 Å². The lowest BCUT2D eigenvalue weighted by Gasteiger charge is -2.33. The van der Waals surface area contributed by atoms with E-state index in [9.17, 15) is 23.4 Å². The average molecular weight is 463 g/mol. The lowest BCUT2D eigenvalue weighted by Crippen LogP contribution is -2.28. The van der Waals surface area contributed by atoms with Crippen LogP contribution in [0.1, 0.15) is 47.6 Å². The summed E-state index contributed by atoms with van der Waals surface area (Å²) in [4.78, 5) is 0.771. The van der Waals surface area contributed by atoms with E-state index in [1.54, 1.807) is 6.08 Å². The molecule has 3 unspecified atom stereocenters. The van der Waals surface area contributed by atoms with Crippen molar-refractivity contribution in [2.75, 3.05) is 5.75 Å². The summed E-state index contributed by atoms with van der Waals surface area (Å²) < 4.78 is 38.2. The van der Waals surface area contributed by atoms with Crippen molar-refractivity contribution in [3.63, 3.8) is 0 Å². The van der Waals surface area contributed by atoms with Crippen molar-refractivity contribution >= 4 is 23.4 Å². The van der Waals surface area contributed by atoms with Gasteiger partial charge in [-0.15, -0.1) is 11.8 Å². The molecule has 0 heterocycles. The molecule has 3 atom stereocenters. The molecule has 0 aliphatic heterocycles. The first-order valence-electron chi connectivity index (χ1n) is 10.7. The highest BCUT2D eigenvalue weighted by atomic mass is 32.2. The second kappa shape index (κ2) is 9.75. The molecule has 0 saturated heterocycles. The van der Waals surface area contributed by atoms with E-state index < -0.39 is 17.8 Å². The maximum absolute atomic E-state index is 12.7. The van der Waals surface area contributed by atoms with Crippen LogP contribution in [0.3, 0.4) is 0 Å². The minimum Gasteiger partial charge on any atom is -0.512 e. The van der Waals surface area contributed by atoms with Gasteiger partial charge in [0.2, 0.25) is 0 Å². The molecule has 2 N–H and O–H groups in total. The van der Waals surface area contributed by atoms with Crippen LogP contribution < -0.4 is 0 Å². The van der Waals surface area contributed by atoms with E-state index in [1.807, 2.05) is 26.0 Å². The third-order valence-electron chi connectivity index (χ3n) is 6.12. The van der Waals surface area contributed by atoms with Crippen LogP contribution in [-0.2, 0) is 6.18 Å². The Bertz CT molecular complexity index is 1010. The molecule has 0 saturated carbocycles. The molecule has 0 bridgehead atoms. The fourth-order valence-electron chi connectivity index (χ4n) is 4.42. The van der Waals surface area contributed by atoms with Crippen LogP contribution >= 0.6 is 11.8 Å². The lowest BCUT2D eigenvalue weighted by atomic mass is 9.76. The van der Waals surface area contributed by atoms with Crippen molar-refractivity contribution in [1.82, 2.24) is 0 Å².